The zero-order valence-corrected chi connectivity index (χ0v) is 24.8. The molecule has 4 rings (SSSR count). The highest BCUT2D eigenvalue weighted by molar-refractivity contribution is 6.39. The monoisotopic (exact) mass is 592 g/mol. The molecule has 2 aliphatic heterocycles. The molecule has 11 heteroatoms. The maximum Gasteiger partial charge on any atom is 0.416 e. The van der Waals surface area contributed by atoms with Crippen LogP contribution in [0.1, 0.15) is 55.1 Å². The zero-order chi connectivity index (χ0) is 29.1. The molecule has 0 unspecified atom stereocenters. The summed E-state index contributed by atoms with van der Waals surface area (Å²) in [6.07, 6.45) is -0.602. The Kier molecular flexibility index (Phi) is 9.48. The standard InChI is InChI=1S/C29H34Cl2N2O7/c1-16(2)24-14-39-29(36)33(24)27(34)18(4)17(3)21-8-6-7-19-13-32(15-40-26(19)21)28(35)25-22(30)11-20(12-23(25)31)38-10-9-37-5/h6-8,11-12,16-18,24H,9-10,13-15H2,1-5H3/t17-,18+,24-/m1/s1. The molecule has 3 amide bonds. The number of nitrogens with zero attached hydrogens (tertiary/aromatic N) is 2. The van der Waals surface area contributed by atoms with Crippen LogP contribution in [0.15, 0.2) is 30.3 Å². The summed E-state index contributed by atoms with van der Waals surface area (Å²) in [6, 6.07) is 8.45. The Morgan fingerprint density at radius 2 is 1.77 bits per heavy atom. The van der Waals surface area contributed by atoms with Crippen LogP contribution in [0.25, 0.3) is 0 Å². The number of benzene rings is 2. The van der Waals surface area contributed by atoms with E-state index in [9.17, 15) is 14.4 Å². The van der Waals surface area contributed by atoms with E-state index in [1.807, 2.05) is 39.0 Å². The first-order valence-corrected chi connectivity index (χ1v) is 13.9. The molecule has 0 saturated carbocycles. The van der Waals surface area contributed by atoms with Crippen molar-refractivity contribution in [3.8, 4) is 11.5 Å². The van der Waals surface area contributed by atoms with Crippen molar-refractivity contribution in [1.82, 2.24) is 9.80 Å². The Morgan fingerprint density at radius 3 is 2.42 bits per heavy atom. The molecular weight excluding hydrogens is 559 g/mol. The molecule has 9 nitrogen and oxygen atoms in total. The predicted molar refractivity (Wildman–Crippen MR) is 150 cm³/mol. The summed E-state index contributed by atoms with van der Waals surface area (Å²) in [7, 11) is 1.57. The van der Waals surface area contributed by atoms with Gasteiger partial charge in [0.15, 0.2) is 6.73 Å². The molecule has 2 aliphatic rings. The fourth-order valence-electron chi connectivity index (χ4n) is 4.91. The quantitative estimate of drug-likeness (QED) is 0.342. The molecule has 0 radical (unpaired) electrons. The molecule has 3 atom stereocenters. The van der Waals surface area contributed by atoms with Gasteiger partial charge in [-0.05, 0) is 29.5 Å². The smallest absolute Gasteiger partial charge is 0.416 e. The highest BCUT2D eigenvalue weighted by Crippen LogP contribution is 2.39. The van der Waals surface area contributed by atoms with E-state index in [2.05, 4.69) is 0 Å². The van der Waals surface area contributed by atoms with Crippen LogP contribution in [0.3, 0.4) is 0 Å². The second-order valence-electron chi connectivity index (χ2n) is 10.4. The molecule has 216 valence electrons. The molecule has 40 heavy (non-hydrogen) atoms. The number of methoxy groups -OCH3 is 1. The van der Waals surface area contributed by atoms with Crippen molar-refractivity contribution in [2.24, 2.45) is 11.8 Å². The van der Waals surface area contributed by atoms with Gasteiger partial charge in [0.25, 0.3) is 5.91 Å². The molecule has 1 fully saturated rings. The fourth-order valence-corrected chi connectivity index (χ4v) is 5.54. The Balaban J connectivity index is 1.51. The van der Waals surface area contributed by atoms with Crippen molar-refractivity contribution in [3.63, 3.8) is 0 Å². The third-order valence-electron chi connectivity index (χ3n) is 7.47. The van der Waals surface area contributed by atoms with Gasteiger partial charge in [0.2, 0.25) is 5.91 Å². The number of fused-ring (bicyclic) bond motifs is 1. The van der Waals surface area contributed by atoms with Gasteiger partial charge in [-0.25, -0.2) is 9.69 Å². The Labute approximate surface area is 244 Å². The second kappa shape index (κ2) is 12.7. The van der Waals surface area contributed by atoms with E-state index in [0.29, 0.717) is 24.7 Å². The lowest BCUT2D eigenvalue weighted by Crippen LogP contribution is -2.45. The van der Waals surface area contributed by atoms with Crippen LogP contribution in [-0.4, -0.2) is 67.4 Å². The Morgan fingerprint density at radius 1 is 1.07 bits per heavy atom. The van der Waals surface area contributed by atoms with E-state index in [1.165, 1.54) is 9.80 Å². The first-order chi connectivity index (χ1) is 19.0. The average molecular weight is 594 g/mol. The van der Waals surface area contributed by atoms with E-state index in [0.717, 1.165) is 11.1 Å². The van der Waals surface area contributed by atoms with Crippen LogP contribution in [0.2, 0.25) is 10.0 Å². The number of carbonyl (C=O) groups excluding carboxylic acids is 3. The Hall–Kier alpha value is -3.01. The summed E-state index contributed by atoms with van der Waals surface area (Å²) in [4.78, 5) is 42.0. The van der Waals surface area contributed by atoms with E-state index in [1.54, 1.807) is 26.2 Å². The molecule has 0 spiro atoms. The highest BCUT2D eigenvalue weighted by Gasteiger charge is 2.42. The van der Waals surface area contributed by atoms with Crippen LogP contribution < -0.4 is 9.47 Å². The van der Waals surface area contributed by atoms with Crippen LogP contribution in [0, 0.1) is 11.8 Å². The number of rotatable bonds is 9. The van der Waals surface area contributed by atoms with E-state index in [-0.39, 0.29) is 65.2 Å². The predicted octanol–water partition coefficient (Wildman–Crippen LogP) is 5.75. The molecular formula is C29H34Cl2N2O7. The summed E-state index contributed by atoms with van der Waals surface area (Å²) >= 11 is 12.9. The number of imide groups is 1. The number of halogens is 2. The molecule has 1 saturated heterocycles. The maximum absolute atomic E-state index is 13.4. The fraction of sp³-hybridized carbons (Fsp3) is 0.483. The van der Waals surface area contributed by atoms with Gasteiger partial charge < -0.3 is 23.8 Å². The lowest BCUT2D eigenvalue weighted by Gasteiger charge is -2.33. The first kappa shape index (κ1) is 30.0. The van der Waals surface area contributed by atoms with Crippen molar-refractivity contribution >= 4 is 41.1 Å². The second-order valence-corrected chi connectivity index (χ2v) is 11.2. The molecule has 0 N–H and O–H groups in total. The van der Waals surface area contributed by atoms with Crippen molar-refractivity contribution in [1.29, 1.82) is 0 Å². The third-order valence-corrected chi connectivity index (χ3v) is 8.07. The highest BCUT2D eigenvalue weighted by atomic mass is 35.5. The van der Waals surface area contributed by atoms with Gasteiger partial charge in [-0.1, -0.05) is 69.1 Å². The van der Waals surface area contributed by atoms with Gasteiger partial charge in [0, 0.05) is 18.6 Å². The number of cyclic esters (lactones) is 1. The number of amides is 3. The molecule has 0 aliphatic carbocycles. The Bertz CT molecular complexity index is 1260. The largest absolute Gasteiger partial charge is 0.491 e. The van der Waals surface area contributed by atoms with Crippen molar-refractivity contribution in [3.05, 3.63) is 57.1 Å². The van der Waals surface area contributed by atoms with Crippen LogP contribution in [0.5, 0.6) is 11.5 Å². The lowest BCUT2D eigenvalue weighted by atomic mass is 9.85. The van der Waals surface area contributed by atoms with E-state index in [4.69, 9.17) is 42.1 Å². The number of ether oxygens (including phenoxy) is 4. The summed E-state index contributed by atoms with van der Waals surface area (Å²) in [5, 5.41) is 0.344. The van der Waals surface area contributed by atoms with Crippen LogP contribution in [-0.2, 0) is 20.8 Å². The summed E-state index contributed by atoms with van der Waals surface area (Å²) in [5.74, 6) is -0.286. The minimum absolute atomic E-state index is 0.0233. The first-order valence-electron chi connectivity index (χ1n) is 13.2. The van der Waals surface area contributed by atoms with E-state index < -0.39 is 12.0 Å². The molecule has 2 heterocycles. The van der Waals surface area contributed by atoms with Crippen molar-refractivity contribution in [2.45, 2.75) is 46.2 Å². The van der Waals surface area contributed by atoms with Gasteiger partial charge >= 0.3 is 6.09 Å². The molecule has 0 aromatic heterocycles. The van der Waals surface area contributed by atoms with Crippen LogP contribution >= 0.6 is 23.2 Å². The maximum atomic E-state index is 13.4. The van der Waals surface area contributed by atoms with Gasteiger partial charge in [0.1, 0.15) is 24.7 Å². The molecule has 2 aromatic rings. The van der Waals surface area contributed by atoms with Gasteiger partial charge in [-0.2, -0.15) is 0 Å². The topological polar surface area (TPSA) is 94.6 Å². The molecule has 0 bridgehead atoms. The van der Waals surface area contributed by atoms with Crippen molar-refractivity contribution < 1.29 is 33.3 Å². The minimum Gasteiger partial charge on any atom is -0.491 e. The SMILES string of the molecule is COCCOc1cc(Cl)c(C(=O)N2COc3c(cccc3[C@H](C)[C@H](C)C(=O)N3C(=O)OC[C@@H]3C(C)C)C2)c(Cl)c1. The minimum atomic E-state index is -0.602. The average Bonchev–Trinajstić information content (AvgIpc) is 3.32. The molecule has 2 aromatic carbocycles. The normalized spacial score (nSPS) is 18.2. The van der Waals surface area contributed by atoms with E-state index >= 15 is 0 Å². The van der Waals surface area contributed by atoms with Gasteiger partial charge in [-0.15, -0.1) is 0 Å². The van der Waals surface area contributed by atoms with Gasteiger partial charge in [-0.3, -0.25) is 9.59 Å². The zero-order valence-electron chi connectivity index (χ0n) is 23.2. The number of para-hydroxylation sites is 1. The summed E-state index contributed by atoms with van der Waals surface area (Å²) < 4.78 is 21.8. The summed E-state index contributed by atoms with van der Waals surface area (Å²) in [5.41, 5.74) is 1.78. The third kappa shape index (κ3) is 6.01. The van der Waals surface area contributed by atoms with Gasteiger partial charge in [0.05, 0.1) is 34.8 Å². The number of hydrogen-bond acceptors (Lipinski definition) is 7. The number of carbonyl (C=O) groups is 3. The summed E-state index contributed by atoms with van der Waals surface area (Å²) in [6.45, 7) is 8.82. The number of hydrogen-bond donors (Lipinski definition) is 0. The van der Waals surface area contributed by atoms with Crippen molar-refractivity contribution in [2.75, 3.05) is 33.7 Å². The lowest BCUT2D eigenvalue weighted by molar-refractivity contribution is -0.134. The van der Waals surface area contributed by atoms with Crippen LogP contribution in [0.4, 0.5) is 4.79 Å².